The van der Waals surface area contributed by atoms with Crippen LogP contribution < -0.4 is 5.32 Å². The smallest absolute Gasteiger partial charge is 0.0458 e. The minimum Gasteiger partial charge on any atom is -0.361 e. The van der Waals surface area contributed by atoms with Crippen LogP contribution in [0.15, 0.2) is 28.9 Å². The standard InChI is InChI=1S/C15H20BrN3/c1-2-19(13-5-6-17-9-13)10-11-8-18-15-4-3-12(16)7-14(11)15/h3-4,7-8,13,17-18H,2,5-6,9-10H2,1H3. The van der Waals surface area contributed by atoms with E-state index in [1.54, 1.807) is 0 Å². The molecule has 1 unspecified atom stereocenters. The molecule has 0 aliphatic carbocycles. The molecule has 2 heterocycles. The van der Waals surface area contributed by atoms with Crippen molar-refractivity contribution >= 4 is 26.8 Å². The summed E-state index contributed by atoms with van der Waals surface area (Å²) >= 11 is 3.56. The van der Waals surface area contributed by atoms with Crippen molar-refractivity contribution in [1.29, 1.82) is 0 Å². The molecule has 0 radical (unpaired) electrons. The van der Waals surface area contributed by atoms with Gasteiger partial charge in [-0.1, -0.05) is 22.9 Å². The molecular weight excluding hydrogens is 302 g/mol. The predicted molar refractivity (Wildman–Crippen MR) is 83.4 cm³/mol. The minimum atomic E-state index is 0.683. The highest BCUT2D eigenvalue weighted by atomic mass is 79.9. The summed E-state index contributed by atoms with van der Waals surface area (Å²) in [7, 11) is 0. The van der Waals surface area contributed by atoms with Crippen LogP contribution in [0.2, 0.25) is 0 Å². The van der Waals surface area contributed by atoms with Crippen molar-refractivity contribution in [3.05, 3.63) is 34.4 Å². The number of halogens is 1. The fourth-order valence-corrected chi connectivity index (χ4v) is 3.31. The molecule has 3 nitrogen and oxygen atoms in total. The Kier molecular flexibility index (Phi) is 3.91. The van der Waals surface area contributed by atoms with Crippen molar-refractivity contribution in [3.8, 4) is 0 Å². The molecule has 19 heavy (non-hydrogen) atoms. The predicted octanol–water partition coefficient (Wildman–Crippen LogP) is 3.11. The molecular formula is C15H20BrN3. The van der Waals surface area contributed by atoms with Gasteiger partial charge in [0, 0.05) is 40.7 Å². The number of nitrogens with one attached hydrogen (secondary N) is 2. The average Bonchev–Trinajstić information content (AvgIpc) is 3.05. The van der Waals surface area contributed by atoms with E-state index in [9.17, 15) is 0 Å². The second kappa shape index (κ2) is 5.65. The van der Waals surface area contributed by atoms with Crippen LogP contribution in [0.25, 0.3) is 10.9 Å². The Labute approximate surface area is 122 Å². The van der Waals surface area contributed by atoms with Gasteiger partial charge in [0.2, 0.25) is 0 Å². The molecule has 4 heteroatoms. The highest BCUT2D eigenvalue weighted by molar-refractivity contribution is 9.10. The summed E-state index contributed by atoms with van der Waals surface area (Å²) in [6.45, 7) is 6.66. The van der Waals surface area contributed by atoms with Crippen LogP contribution in [0, 0.1) is 0 Å². The third kappa shape index (κ3) is 2.71. The van der Waals surface area contributed by atoms with E-state index in [1.165, 1.54) is 22.9 Å². The zero-order valence-electron chi connectivity index (χ0n) is 11.2. The number of nitrogens with zero attached hydrogens (tertiary/aromatic N) is 1. The zero-order valence-corrected chi connectivity index (χ0v) is 12.8. The van der Waals surface area contributed by atoms with Crippen LogP contribution in [0.1, 0.15) is 18.9 Å². The fourth-order valence-electron chi connectivity index (χ4n) is 2.95. The van der Waals surface area contributed by atoms with Crippen LogP contribution >= 0.6 is 15.9 Å². The maximum atomic E-state index is 3.56. The van der Waals surface area contributed by atoms with Gasteiger partial charge in [0.05, 0.1) is 0 Å². The third-order valence-electron chi connectivity index (χ3n) is 4.06. The molecule has 3 rings (SSSR count). The summed E-state index contributed by atoms with van der Waals surface area (Å²) in [5, 5.41) is 4.79. The molecule has 1 aliphatic heterocycles. The van der Waals surface area contributed by atoms with Gasteiger partial charge in [-0.15, -0.1) is 0 Å². The number of aromatic amines is 1. The fraction of sp³-hybridized carbons (Fsp3) is 0.467. The van der Waals surface area contributed by atoms with Crippen LogP contribution in [-0.2, 0) is 6.54 Å². The largest absolute Gasteiger partial charge is 0.361 e. The molecule has 0 amide bonds. The van der Waals surface area contributed by atoms with Gasteiger partial charge in [0.25, 0.3) is 0 Å². The Morgan fingerprint density at radius 3 is 3.05 bits per heavy atom. The lowest BCUT2D eigenvalue weighted by molar-refractivity contribution is 0.211. The van der Waals surface area contributed by atoms with E-state index in [-0.39, 0.29) is 0 Å². The molecule has 0 bridgehead atoms. The molecule has 2 N–H and O–H groups in total. The van der Waals surface area contributed by atoms with E-state index in [1.807, 2.05) is 0 Å². The maximum absolute atomic E-state index is 3.56. The second-order valence-corrected chi connectivity index (χ2v) is 6.13. The maximum Gasteiger partial charge on any atom is 0.0458 e. The number of H-pyrrole nitrogens is 1. The summed E-state index contributed by atoms with van der Waals surface area (Å²) < 4.78 is 1.14. The first kappa shape index (κ1) is 13.2. The van der Waals surface area contributed by atoms with E-state index in [2.05, 4.69) is 62.5 Å². The van der Waals surface area contributed by atoms with Crippen LogP contribution in [0.3, 0.4) is 0 Å². The Bertz CT molecular complexity index is 558. The van der Waals surface area contributed by atoms with E-state index < -0.39 is 0 Å². The minimum absolute atomic E-state index is 0.683. The number of fused-ring (bicyclic) bond motifs is 1. The Morgan fingerprint density at radius 1 is 1.42 bits per heavy atom. The molecule has 1 saturated heterocycles. The van der Waals surface area contributed by atoms with Crippen molar-refractivity contribution < 1.29 is 0 Å². The van der Waals surface area contributed by atoms with E-state index in [0.717, 1.165) is 30.7 Å². The molecule has 0 spiro atoms. The van der Waals surface area contributed by atoms with Crippen molar-refractivity contribution in [2.24, 2.45) is 0 Å². The topological polar surface area (TPSA) is 31.1 Å². The normalized spacial score (nSPS) is 19.6. The second-order valence-electron chi connectivity index (χ2n) is 5.21. The van der Waals surface area contributed by atoms with E-state index in [4.69, 9.17) is 0 Å². The molecule has 102 valence electrons. The Hall–Kier alpha value is -0.840. The summed E-state index contributed by atoms with van der Waals surface area (Å²) in [6, 6.07) is 7.11. The number of hydrogen-bond donors (Lipinski definition) is 2. The van der Waals surface area contributed by atoms with E-state index >= 15 is 0 Å². The van der Waals surface area contributed by atoms with Gasteiger partial charge < -0.3 is 10.3 Å². The van der Waals surface area contributed by atoms with Gasteiger partial charge in [0.15, 0.2) is 0 Å². The Balaban J connectivity index is 1.85. The van der Waals surface area contributed by atoms with Crippen molar-refractivity contribution in [2.45, 2.75) is 25.9 Å². The van der Waals surface area contributed by atoms with Gasteiger partial charge >= 0.3 is 0 Å². The summed E-state index contributed by atoms with van der Waals surface area (Å²) in [6.07, 6.45) is 3.42. The summed E-state index contributed by atoms with van der Waals surface area (Å²) in [4.78, 5) is 5.95. The molecule has 1 aliphatic rings. The summed E-state index contributed by atoms with van der Waals surface area (Å²) in [5.41, 5.74) is 2.61. The first-order chi connectivity index (χ1) is 9.28. The van der Waals surface area contributed by atoms with Gasteiger partial charge in [-0.05, 0) is 43.3 Å². The number of rotatable bonds is 4. The lowest BCUT2D eigenvalue weighted by atomic mass is 10.1. The Morgan fingerprint density at radius 2 is 2.32 bits per heavy atom. The molecule has 1 atom stereocenters. The van der Waals surface area contributed by atoms with Crippen LogP contribution in [0.4, 0.5) is 0 Å². The molecule has 2 aromatic rings. The van der Waals surface area contributed by atoms with Crippen molar-refractivity contribution in [1.82, 2.24) is 15.2 Å². The number of aromatic nitrogens is 1. The SMILES string of the molecule is CCN(Cc1c[nH]c2ccc(Br)cc12)C1CCNC1. The lowest BCUT2D eigenvalue weighted by Gasteiger charge is -2.26. The van der Waals surface area contributed by atoms with Gasteiger partial charge in [-0.25, -0.2) is 0 Å². The average molecular weight is 322 g/mol. The number of hydrogen-bond acceptors (Lipinski definition) is 2. The first-order valence-electron chi connectivity index (χ1n) is 6.98. The van der Waals surface area contributed by atoms with Gasteiger partial charge in [-0.2, -0.15) is 0 Å². The molecule has 1 fully saturated rings. The highest BCUT2D eigenvalue weighted by Gasteiger charge is 2.21. The number of benzene rings is 1. The quantitative estimate of drug-likeness (QED) is 0.906. The third-order valence-corrected chi connectivity index (χ3v) is 4.55. The van der Waals surface area contributed by atoms with Crippen molar-refractivity contribution in [3.63, 3.8) is 0 Å². The zero-order chi connectivity index (χ0) is 13.2. The van der Waals surface area contributed by atoms with Gasteiger partial charge in [-0.3, -0.25) is 4.90 Å². The monoisotopic (exact) mass is 321 g/mol. The first-order valence-corrected chi connectivity index (χ1v) is 7.77. The van der Waals surface area contributed by atoms with Crippen LogP contribution in [-0.4, -0.2) is 35.6 Å². The summed E-state index contributed by atoms with van der Waals surface area (Å²) in [5.74, 6) is 0. The lowest BCUT2D eigenvalue weighted by Crippen LogP contribution is -2.36. The number of likely N-dealkylation sites (N-methyl/N-ethyl adjacent to an activating group) is 1. The van der Waals surface area contributed by atoms with Crippen LogP contribution in [0.5, 0.6) is 0 Å². The molecule has 0 saturated carbocycles. The molecule has 1 aromatic carbocycles. The molecule has 1 aromatic heterocycles. The van der Waals surface area contributed by atoms with Crippen molar-refractivity contribution in [2.75, 3.05) is 19.6 Å². The van der Waals surface area contributed by atoms with E-state index in [0.29, 0.717) is 6.04 Å². The highest BCUT2D eigenvalue weighted by Crippen LogP contribution is 2.24. The van der Waals surface area contributed by atoms with Gasteiger partial charge in [0.1, 0.15) is 0 Å².